The Balaban J connectivity index is 2.24. The minimum atomic E-state index is -0.824. The molecule has 2 aromatic rings. The average molecular weight is 270 g/mol. The highest BCUT2D eigenvalue weighted by Gasteiger charge is 2.13. The average Bonchev–Trinajstić information content (AvgIpc) is 2.92. The fraction of sp³-hybridized carbons (Fsp3) is 0.188. The van der Waals surface area contributed by atoms with Gasteiger partial charge in [-0.05, 0) is 29.5 Å². The summed E-state index contributed by atoms with van der Waals surface area (Å²) in [5.41, 5.74) is 2.11. The quantitative estimate of drug-likeness (QED) is 0.853. The van der Waals surface area contributed by atoms with E-state index in [0.717, 1.165) is 11.1 Å². The molecule has 1 atom stereocenters. The van der Waals surface area contributed by atoms with Gasteiger partial charge in [0.05, 0.1) is 12.3 Å². The summed E-state index contributed by atoms with van der Waals surface area (Å²) in [6.07, 6.45) is 0.0409. The fourth-order valence-corrected chi connectivity index (χ4v) is 2.66. The molecule has 0 saturated carbocycles. The molecule has 3 heteroatoms. The van der Waals surface area contributed by atoms with E-state index in [-0.39, 0.29) is 12.3 Å². The molecule has 0 aliphatic rings. The Morgan fingerprint density at radius 2 is 2.05 bits per heavy atom. The van der Waals surface area contributed by atoms with Crippen molar-refractivity contribution in [3.05, 3.63) is 47.3 Å². The van der Waals surface area contributed by atoms with E-state index in [4.69, 9.17) is 5.11 Å². The third-order valence-corrected chi connectivity index (χ3v) is 3.73. The lowest BCUT2D eigenvalue weighted by molar-refractivity contribution is -0.137. The highest BCUT2D eigenvalue weighted by molar-refractivity contribution is 7.13. The van der Waals surface area contributed by atoms with Gasteiger partial charge in [-0.2, -0.15) is 0 Å². The monoisotopic (exact) mass is 270 g/mol. The first-order valence-electron chi connectivity index (χ1n) is 5.98. The zero-order valence-corrected chi connectivity index (χ0v) is 11.4. The normalized spacial score (nSPS) is 11.4. The Labute approximate surface area is 116 Å². The second-order valence-corrected chi connectivity index (χ2v) is 5.09. The molecule has 0 saturated heterocycles. The number of hydrogen-bond acceptors (Lipinski definition) is 2. The first-order chi connectivity index (χ1) is 9.20. The van der Waals surface area contributed by atoms with Crippen LogP contribution in [0, 0.1) is 11.8 Å². The highest BCUT2D eigenvalue weighted by atomic mass is 32.1. The van der Waals surface area contributed by atoms with E-state index in [9.17, 15) is 4.79 Å². The SMILES string of the molecule is CC#CC(CC(=O)O)c1ccc(-c2cccs2)cc1. The minimum absolute atomic E-state index is 0.0409. The van der Waals surface area contributed by atoms with E-state index in [1.165, 1.54) is 4.88 Å². The van der Waals surface area contributed by atoms with Gasteiger partial charge in [-0.1, -0.05) is 36.3 Å². The lowest BCUT2D eigenvalue weighted by Gasteiger charge is -2.09. The zero-order chi connectivity index (χ0) is 13.7. The van der Waals surface area contributed by atoms with E-state index in [1.54, 1.807) is 18.3 Å². The van der Waals surface area contributed by atoms with Gasteiger partial charge in [0.1, 0.15) is 0 Å². The Morgan fingerprint density at radius 3 is 2.58 bits per heavy atom. The highest BCUT2D eigenvalue weighted by Crippen LogP contribution is 2.27. The van der Waals surface area contributed by atoms with Gasteiger partial charge in [-0.25, -0.2) is 0 Å². The van der Waals surface area contributed by atoms with Gasteiger partial charge in [0.15, 0.2) is 0 Å². The molecule has 19 heavy (non-hydrogen) atoms. The van der Waals surface area contributed by atoms with Crippen LogP contribution in [-0.2, 0) is 4.79 Å². The molecule has 2 nitrogen and oxygen atoms in total. The van der Waals surface area contributed by atoms with Gasteiger partial charge in [0.25, 0.3) is 0 Å². The van der Waals surface area contributed by atoms with Crippen LogP contribution < -0.4 is 0 Å². The summed E-state index contributed by atoms with van der Waals surface area (Å²) in [4.78, 5) is 12.1. The number of rotatable bonds is 4. The van der Waals surface area contributed by atoms with Crippen molar-refractivity contribution in [3.8, 4) is 22.3 Å². The van der Waals surface area contributed by atoms with Crippen LogP contribution in [0.15, 0.2) is 41.8 Å². The predicted molar refractivity (Wildman–Crippen MR) is 78.2 cm³/mol. The van der Waals surface area contributed by atoms with Crippen molar-refractivity contribution < 1.29 is 9.90 Å². The fourth-order valence-electron chi connectivity index (χ4n) is 1.92. The molecule has 0 spiro atoms. The summed E-state index contributed by atoms with van der Waals surface area (Å²) in [6.45, 7) is 1.73. The topological polar surface area (TPSA) is 37.3 Å². The van der Waals surface area contributed by atoms with Crippen molar-refractivity contribution in [3.63, 3.8) is 0 Å². The lowest BCUT2D eigenvalue weighted by Crippen LogP contribution is -2.04. The number of aliphatic carboxylic acids is 1. The molecular formula is C16H14O2S. The summed E-state index contributed by atoms with van der Waals surface area (Å²) < 4.78 is 0. The molecule has 96 valence electrons. The Hall–Kier alpha value is -2.05. The van der Waals surface area contributed by atoms with Crippen LogP contribution in [0.3, 0.4) is 0 Å². The second-order valence-electron chi connectivity index (χ2n) is 4.14. The summed E-state index contributed by atoms with van der Waals surface area (Å²) >= 11 is 1.69. The molecule has 0 radical (unpaired) electrons. The molecule has 1 heterocycles. The zero-order valence-electron chi connectivity index (χ0n) is 10.6. The predicted octanol–water partition coefficient (Wildman–Crippen LogP) is 4.00. The van der Waals surface area contributed by atoms with Gasteiger partial charge in [0.2, 0.25) is 0 Å². The van der Waals surface area contributed by atoms with E-state index >= 15 is 0 Å². The van der Waals surface area contributed by atoms with Crippen molar-refractivity contribution in [2.75, 3.05) is 0 Å². The van der Waals surface area contributed by atoms with E-state index in [2.05, 4.69) is 17.9 Å². The van der Waals surface area contributed by atoms with Crippen molar-refractivity contribution in [2.24, 2.45) is 0 Å². The van der Waals surface area contributed by atoms with Gasteiger partial charge in [0, 0.05) is 4.88 Å². The van der Waals surface area contributed by atoms with Gasteiger partial charge < -0.3 is 5.11 Å². The number of carbonyl (C=O) groups is 1. The van der Waals surface area contributed by atoms with Crippen molar-refractivity contribution >= 4 is 17.3 Å². The summed E-state index contributed by atoms with van der Waals surface area (Å²) in [6, 6.07) is 12.1. The molecule has 0 fully saturated rings. The molecule has 2 rings (SSSR count). The third kappa shape index (κ3) is 3.46. The third-order valence-electron chi connectivity index (χ3n) is 2.82. The molecule has 0 bridgehead atoms. The molecule has 0 amide bonds. The molecule has 0 aliphatic carbocycles. The van der Waals surface area contributed by atoms with Crippen LogP contribution in [0.4, 0.5) is 0 Å². The van der Waals surface area contributed by atoms with Gasteiger partial charge >= 0.3 is 5.97 Å². The van der Waals surface area contributed by atoms with Crippen LogP contribution in [0.25, 0.3) is 10.4 Å². The Kier molecular flexibility index (Phi) is 4.38. The van der Waals surface area contributed by atoms with Crippen molar-refractivity contribution in [1.29, 1.82) is 0 Å². The molecule has 0 aliphatic heterocycles. The number of carboxylic acids is 1. The van der Waals surface area contributed by atoms with Crippen LogP contribution >= 0.6 is 11.3 Å². The van der Waals surface area contributed by atoms with E-state index in [1.807, 2.05) is 35.7 Å². The van der Waals surface area contributed by atoms with Gasteiger partial charge in [-0.15, -0.1) is 17.3 Å². The Morgan fingerprint density at radius 1 is 1.32 bits per heavy atom. The largest absolute Gasteiger partial charge is 0.481 e. The molecule has 1 aromatic heterocycles. The van der Waals surface area contributed by atoms with Crippen molar-refractivity contribution in [1.82, 2.24) is 0 Å². The van der Waals surface area contributed by atoms with E-state index < -0.39 is 5.97 Å². The van der Waals surface area contributed by atoms with E-state index in [0.29, 0.717) is 0 Å². The standard InChI is InChI=1S/C16H14O2S/c1-2-4-14(11-16(17)18)12-6-8-13(9-7-12)15-5-3-10-19-15/h3,5-10,14H,11H2,1H3,(H,17,18). The Bertz CT molecular complexity index is 600. The molecule has 1 aromatic carbocycles. The number of thiophene rings is 1. The van der Waals surface area contributed by atoms with Crippen LogP contribution in [0.1, 0.15) is 24.8 Å². The first-order valence-corrected chi connectivity index (χ1v) is 6.86. The second kappa shape index (κ2) is 6.21. The number of benzene rings is 1. The number of carboxylic acid groups (broad SMARTS) is 1. The summed E-state index contributed by atoms with van der Waals surface area (Å²) in [5.74, 6) is 4.70. The molecule has 1 N–H and O–H groups in total. The summed E-state index contributed by atoms with van der Waals surface area (Å²) in [5, 5.41) is 11.0. The molecular weight excluding hydrogens is 256 g/mol. The van der Waals surface area contributed by atoms with Crippen LogP contribution in [0.5, 0.6) is 0 Å². The van der Waals surface area contributed by atoms with Crippen LogP contribution in [0.2, 0.25) is 0 Å². The number of hydrogen-bond donors (Lipinski definition) is 1. The lowest BCUT2D eigenvalue weighted by atomic mass is 9.95. The van der Waals surface area contributed by atoms with Crippen molar-refractivity contribution in [2.45, 2.75) is 19.3 Å². The first kappa shape index (κ1) is 13.4. The maximum Gasteiger partial charge on any atom is 0.304 e. The van der Waals surface area contributed by atoms with Gasteiger partial charge in [-0.3, -0.25) is 4.79 Å². The minimum Gasteiger partial charge on any atom is -0.481 e. The maximum absolute atomic E-state index is 10.8. The smallest absolute Gasteiger partial charge is 0.304 e. The summed E-state index contributed by atoms with van der Waals surface area (Å²) in [7, 11) is 0. The maximum atomic E-state index is 10.8. The molecule has 1 unspecified atom stereocenters. The van der Waals surface area contributed by atoms with Crippen LogP contribution in [-0.4, -0.2) is 11.1 Å².